The molecule has 0 radical (unpaired) electrons. The Kier molecular flexibility index (Phi) is 8.08. The topological polar surface area (TPSA) is 92.4 Å². The smallest absolute Gasteiger partial charge is 0.252 e. The number of benzene rings is 1. The van der Waals surface area contributed by atoms with E-state index in [2.05, 4.69) is 20.9 Å². The van der Waals surface area contributed by atoms with Gasteiger partial charge in [0.15, 0.2) is 0 Å². The number of nitrogens with one attached hydrogen (secondary N) is 3. The van der Waals surface area contributed by atoms with Crippen LogP contribution in [0.2, 0.25) is 0 Å². The lowest BCUT2D eigenvalue weighted by molar-refractivity contribution is 0.0933. The monoisotopic (exact) mass is 356 g/mol. The number of hydrogen-bond acceptors (Lipinski definition) is 5. The van der Waals surface area contributed by atoms with Crippen molar-refractivity contribution in [2.45, 2.75) is 6.42 Å². The van der Waals surface area contributed by atoms with Crippen LogP contribution in [0.25, 0.3) is 0 Å². The minimum atomic E-state index is -0.176. The number of pyridine rings is 1. The summed E-state index contributed by atoms with van der Waals surface area (Å²) < 4.78 is 4.88. The molecular formula is C19H24N4O3. The van der Waals surface area contributed by atoms with Gasteiger partial charge in [-0.3, -0.25) is 9.59 Å². The molecule has 0 fully saturated rings. The maximum absolute atomic E-state index is 11.9. The summed E-state index contributed by atoms with van der Waals surface area (Å²) >= 11 is 0. The van der Waals surface area contributed by atoms with Crippen molar-refractivity contribution >= 4 is 17.6 Å². The van der Waals surface area contributed by atoms with Crippen molar-refractivity contribution in [2.24, 2.45) is 0 Å². The van der Waals surface area contributed by atoms with Crippen LogP contribution in [-0.2, 0) is 4.74 Å². The van der Waals surface area contributed by atoms with Crippen LogP contribution in [0.15, 0.2) is 48.7 Å². The molecule has 0 spiro atoms. The van der Waals surface area contributed by atoms with Crippen molar-refractivity contribution in [3.8, 4) is 0 Å². The number of methoxy groups -OCH3 is 1. The fourth-order valence-corrected chi connectivity index (χ4v) is 2.20. The highest BCUT2D eigenvalue weighted by atomic mass is 16.5. The largest absolute Gasteiger partial charge is 0.383 e. The number of carbonyl (C=O) groups is 2. The molecule has 26 heavy (non-hydrogen) atoms. The van der Waals surface area contributed by atoms with Crippen LogP contribution in [0.1, 0.15) is 27.1 Å². The Morgan fingerprint density at radius 2 is 1.65 bits per heavy atom. The molecule has 2 aromatic rings. The second kappa shape index (κ2) is 10.8. The minimum absolute atomic E-state index is 0.0763. The van der Waals surface area contributed by atoms with Gasteiger partial charge >= 0.3 is 0 Å². The van der Waals surface area contributed by atoms with Crippen molar-refractivity contribution in [1.29, 1.82) is 0 Å². The molecule has 2 amide bonds. The standard InChI is InChI=1S/C19H24N4O3/c1-26-13-12-22-19(25)16-8-9-17(23-14-16)20-10-5-11-21-18(24)15-6-3-2-4-7-15/h2-4,6-9,14H,5,10-13H2,1H3,(H,20,23)(H,21,24)(H,22,25). The second-order valence-corrected chi connectivity index (χ2v) is 5.58. The van der Waals surface area contributed by atoms with Gasteiger partial charge in [-0.05, 0) is 30.7 Å². The molecule has 0 aliphatic rings. The van der Waals surface area contributed by atoms with E-state index in [-0.39, 0.29) is 11.8 Å². The van der Waals surface area contributed by atoms with Crippen molar-refractivity contribution < 1.29 is 14.3 Å². The first-order valence-corrected chi connectivity index (χ1v) is 8.51. The fraction of sp³-hybridized carbons (Fsp3) is 0.316. The van der Waals surface area contributed by atoms with Crippen LogP contribution >= 0.6 is 0 Å². The predicted molar refractivity (Wildman–Crippen MR) is 100 cm³/mol. The molecule has 0 unspecified atom stereocenters. The van der Waals surface area contributed by atoms with Crippen molar-refractivity contribution in [3.05, 3.63) is 59.8 Å². The lowest BCUT2D eigenvalue weighted by Gasteiger charge is -2.08. The van der Waals surface area contributed by atoms with E-state index in [1.165, 1.54) is 6.20 Å². The molecule has 0 bridgehead atoms. The zero-order valence-electron chi connectivity index (χ0n) is 14.8. The van der Waals surface area contributed by atoms with Gasteiger partial charge in [0.05, 0.1) is 12.2 Å². The van der Waals surface area contributed by atoms with E-state index in [9.17, 15) is 9.59 Å². The van der Waals surface area contributed by atoms with E-state index in [1.54, 1.807) is 31.4 Å². The second-order valence-electron chi connectivity index (χ2n) is 5.58. The van der Waals surface area contributed by atoms with Crippen molar-refractivity contribution in [3.63, 3.8) is 0 Å². The van der Waals surface area contributed by atoms with Gasteiger partial charge in [0.1, 0.15) is 5.82 Å². The van der Waals surface area contributed by atoms with Gasteiger partial charge < -0.3 is 20.7 Å². The van der Waals surface area contributed by atoms with Crippen LogP contribution in [0.4, 0.5) is 5.82 Å². The molecular weight excluding hydrogens is 332 g/mol. The number of anilines is 1. The quantitative estimate of drug-likeness (QED) is 0.564. The minimum Gasteiger partial charge on any atom is -0.383 e. The van der Waals surface area contributed by atoms with Gasteiger partial charge in [0, 0.05) is 38.5 Å². The molecule has 0 aliphatic carbocycles. The van der Waals surface area contributed by atoms with E-state index in [4.69, 9.17) is 4.74 Å². The predicted octanol–water partition coefficient (Wildman–Crippen LogP) is 1.69. The van der Waals surface area contributed by atoms with Crippen molar-refractivity contribution in [1.82, 2.24) is 15.6 Å². The molecule has 7 nitrogen and oxygen atoms in total. The van der Waals surface area contributed by atoms with Crippen LogP contribution < -0.4 is 16.0 Å². The Labute approximate surface area is 153 Å². The van der Waals surface area contributed by atoms with Crippen LogP contribution in [0.3, 0.4) is 0 Å². The summed E-state index contributed by atoms with van der Waals surface area (Å²) in [6.07, 6.45) is 2.29. The zero-order chi connectivity index (χ0) is 18.6. The summed E-state index contributed by atoms with van der Waals surface area (Å²) in [5, 5.41) is 8.77. The third-order valence-electron chi connectivity index (χ3n) is 3.60. The molecule has 7 heteroatoms. The lowest BCUT2D eigenvalue weighted by Crippen LogP contribution is -2.27. The maximum atomic E-state index is 11.9. The molecule has 3 N–H and O–H groups in total. The number of aromatic nitrogens is 1. The van der Waals surface area contributed by atoms with E-state index in [0.29, 0.717) is 43.2 Å². The Bertz CT molecular complexity index is 690. The molecule has 2 rings (SSSR count). The SMILES string of the molecule is COCCNC(=O)c1ccc(NCCCNC(=O)c2ccccc2)nc1. The summed E-state index contributed by atoms with van der Waals surface area (Å²) in [5.74, 6) is 0.435. The van der Waals surface area contributed by atoms with Crippen LogP contribution in [0, 0.1) is 0 Å². The van der Waals surface area contributed by atoms with Gasteiger partial charge in [-0.25, -0.2) is 4.98 Å². The summed E-state index contributed by atoms with van der Waals surface area (Å²) in [4.78, 5) is 27.9. The van der Waals surface area contributed by atoms with Gasteiger partial charge in [-0.2, -0.15) is 0 Å². The molecule has 138 valence electrons. The molecule has 0 saturated carbocycles. The average molecular weight is 356 g/mol. The van der Waals surface area contributed by atoms with Crippen LogP contribution in [-0.4, -0.2) is 50.1 Å². The molecule has 1 heterocycles. The summed E-state index contributed by atoms with van der Waals surface area (Å²) in [5.41, 5.74) is 1.16. The van der Waals surface area contributed by atoms with Gasteiger partial charge in [-0.15, -0.1) is 0 Å². The third kappa shape index (κ3) is 6.52. The first-order chi connectivity index (χ1) is 12.7. The first kappa shape index (κ1) is 19.4. The van der Waals surface area contributed by atoms with Crippen LogP contribution in [0.5, 0.6) is 0 Å². The molecule has 1 aromatic heterocycles. The van der Waals surface area contributed by atoms with Crippen molar-refractivity contribution in [2.75, 3.05) is 38.7 Å². The summed E-state index contributed by atoms with van der Waals surface area (Å²) in [7, 11) is 1.58. The zero-order valence-corrected chi connectivity index (χ0v) is 14.8. The highest BCUT2D eigenvalue weighted by molar-refractivity contribution is 5.94. The molecule has 0 atom stereocenters. The fourth-order valence-electron chi connectivity index (χ4n) is 2.20. The summed E-state index contributed by atoms with van der Waals surface area (Å²) in [6, 6.07) is 12.6. The first-order valence-electron chi connectivity index (χ1n) is 8.51. The number of amides is 2. The average Bonchev–Trinajstić information content (AvgIpc) is 2.69. The van der Waals surface area contributed by atoms with E-state index in [0.717, 1.165) is 6.42 Å². The normalized spacial score (nSPS) is 10.2. The number of nitrogens with zero attached hydrogens (tertiary/aromatic N) is 1. The third-order valence-corrected chi connectivity index (χ3v) is 3.60. The summed E-state index contributed by atoms with van der Waals surface area (Å²) in [6.45, 7) is 2.17. The van der Waals surface area contributed by atoms with Gasteiger partial charge in [-0.1, -0.05) is 18.2 Å². The number of ether oxygens (including phenoxy) is 1. The Hall–Kier alpha value is -2.93. The van der Waals surface area contributed by atoms with Gasteiger partial charge in [0.25, 0.3) is 11.8 Å². The number of hydrogen-bond donors (Lipinski definition) is 3. The van der Waals surface area contributed by atoms with E-state index >= 15 is 0 Å². The Balaban J connectivity index is 1.65. The Morgan fingerprint density at radius 3 is 2.35 bits per heavy atom. The maximum Gasteiger partial charge on any atom is 0.252 e. The number of rotatable bonds is 10. The highest BCUT2D eigenvalue weighted by Gasteiger charge is 2.05. The highest BCUT2D eigenvalue weighted by Crippen LogP contribution is 2.05. The number of carbonyl (C=O) groups excluding carboxylic acids is 2. The Morgan fingerprint density at radius 1 is 0.923 bits per heavy atom. The molecule has 0 saturated heterocycles. The lowest BCUT2D eigenvalue weighted by atomic mass is 10.2. The van der Waals surface area contributed by atoms with E-state index < -0.39 is 0 Å². The van der Waals surface area contributed by atoms with Gasteiger partial charge in [0.2, 0.25) is 0 Å². The molecule has 1 aromatic carbocycles. The molecule has 0 aliphatic heterocycles. The van der Waals surface area contributed by atoms with E-state index in [1.807, 2.05) is 18.2 Å².